The summed E-state index contributed by atoms with van der Waals surface area (Å²) in [5, 5.41) is 0. The van der Waals surface area contributed by atoms with Crippen LogP contribution in [0.3, 0.4) is 0 Å². The normalized spacial score (nSPS) is 13.3. The van der Waals surface area contributed by atoms with E-state index in [0.717, 1.165) is 24.0 Å². The first-order chi connectivity index (χ1) is 9.55. The summed E-state index contributed by atoms with van der Waals surface area (Å²) >= 11 is 0. The van der Waals surface area contributed by atoms with Crippen LogP contribution in [-0.2, 0) is 19.5 Å². The van der Waals surface area contributed by atoms with Gasteiger partial charge in [0.2, 0.25) is 0 Å². The molecular formula is C17H27N3. The van der Waals surface area contributed by atoms with Crippen molar-refractivity contribution < 1.29 is 0 Å². The topological polar surface area (TPSA) is 43.8 Å². The molecule has 2 rings (SSSR count). The molecule has 1 atom stereocenters. The summed E-state index contributed by atoms with van der Waals surface area (Å²) in [6, 6.07) is 6.42. The van der Waals surface area contributed by atoms with Crippen molar-refractivity contribution in [2.24, 2.45) is 17.6 Å². The van der Waals surface area contributed by atoms with Gasteiger partial charge in [0.25, 0.3) is 0 Å². The molecule has 0 radical (unpaired) electrons. The predicted octanol–water partition coefficient (Wildman–Crippen LogP) is 3.74. The Hall–Kier alpha value is -1.35. The molecule has 3 nitrogen and oxygen atoms in total. The van der Waals surface area contributed by atoms with Gasteiger partial charge in [-0.1, -0.05) is 40.2 Å². The highest BCUT2D eigenvalue weighted by Gasteiger charge is 2.14. The van der Waals surface area contributed by atoms with Crippen LogP contribution in [0.1, 0.15) is 45.5 Å². The van der Waals surface area contributed by atoms with Crippen molar-refractivity contribution in [3.8, 4) is 0 Å². The lowest BCUT2D eigenvalue weighted by Gasteiger charge is -2.14. The standard InChI is InChI=1S/C17H27N3/c1-5-13(4)8-17-19-15-9-14(10-18)6-7-16(15)20(17)11-12(2)3/h6-7,9,12-13H,5,8,10-11,18H2,1-4H3. The molecule has 0 bridgehead atoms. The molecule has 2 aromatic rings. The highest BCUT2D eigenvalue weighted by molar-refractivity contribution is 5.77. The molecule has 0 saturated carbocycles. The predicted molar refractivity (Wildman–Crippen MR) is 85.6 cm³/mol. The Morgan fingerprint density at radius 3 is 2.60 bits per heavy atom. The number of aromatic nitrogens is 2. The van der Waals surface area contributed by atoms with E-state index in [1.54, 1.807) is 0 Å². The Labute approximate surface area is 122 Å². The first-order valence-electron chi connectivity index (χ1n) is 7.73. The van der Waals surface area contributed by atoms with Crippen molar-refractivity contribution in [1.29, 1.82) is 0 Å². The zero-order valence-electron chi connectivity index (χ0n) is 13.2. The van der Waals surface area contributed by atoms with Gasteiger partial charge >= 0.3 is 0 Å². The van der Waals surface area contributed by atoms with E-state index in [1.165, 1.54) is 17.8 Å². The lowest BCUT2D eigenvalue weighted by molar-refractivity contribution is 0.482. The quantitative estimate of drug-likeness (QED) is 0.871. The highest BCUT2D eigenvalue weighted by atomic mass is 15.1. The number of hydrogen-bond acceptors (Lipinski definition) is 2. The van der Waals surface area contributed by atoms with Crippen LogP contribution in [0.4, 0.5) is 0 Å². The second-order valence-corrected chi connectivity index (χ2v) is 6.28. The minimum atomic E-state index is 0.577. The summed E-state index contributed by atoms with van der Waals surface area (Å²) in [6.07, 6.45) is 2.24. The zero-order valence-corrected chi connectivity index (χ0v) is 13.2. The number of fused-ring (bicyclic) bond motifs is 1. The third-order valence-electron chi connectivity index (χ3n) is 3.90. The van der Waals surface area contributed by atoms with Crippen LogP contribution < -0.4 is 5.73 Å². The van der Waals surface area contributed by atoms with Crippen LogP contribution in [-0.4, -0.2) is 9.55 Å². The van der Waals surface area contributed by atoms with E-state index in [1.807, 2.05) is 0 Å². The molecule has 1 aromatic heterocycles. The highest BCUT2D eigenvalue weighted by Crippen LogP contribution is 2.22. The first-order valence-corrected chi connectivity index (χ1v) is 7.73. The van der Waals surface area contributed by atoms with Crippen LogP contribution in [0.15, 0.2) is 18.2 Å². The van der Waals surface area contributed by atoms with Gasteiger partial charge in [0.05, 0.1) is 11.0 Å². The molecule has 0 amide bonds. The second-order valence-electron chi connectivity index (χ2n) is 6.28. The van der Waals surface area contributed by atoms with Gasteiger partial charge < -0.3 is 10.3 Å². The maximum absolute atomic E-state index is 5.73. The molecule has 0 aliphatic heterocycles. The summed E-state index contributed by atoms with van der Waals surface area (Å²) < 4.78 is 2.40. The van der Waals surface area contributed by atoms with E-state index >= 15 is 0 Å². The van der Waals surface area contributed by atoms with Crippen LogP contribution in [0.5, 0.6) is 0 Å². The van der Waals surface area contributed by atoms with Gasteiger partial charge in [-0.3, -0.25) is 0 Å². The average Bonchev–Trinajstić information content (AvgIpc) is 2.75. The van der Waals surface area contributed by atoms with Crippen molar-refractivity contribution >= 4 is 11.0 Å². The van der Waals surface area contributed by atoms with Crippen molar-refractivity contribution in [3.05, 3.63) is 29.6 Å². The minimum Gasteiger partial charge on any atom is -0.328 e. The third kappa shape index (κ3) is 3.21. The Morgan fingerprint density at radius 2 is 2.00 bits per heavy atom. The third-order valence-corrected chi connectivity index (χ3v) is 3.90. The van der Waals surface area contributed by atoms with Gasteiger partial charge in [-0.05, 0) is 29.5 Å². The van der Waals surface area contributed by atoms with Crippen molar-refractivity contribution in [2.45, 2.75) is 53.6 Å². The largest absolute Gasteiger partial charge is 0.328 e. The smallest absolute Gasteiger partial charge is 0.110 e. The van der Waals surface area contributed by atoms with E-state index in [9.17, 15) is 0 Å². The van der Waals surface area contributed by atoms with E-state index in [-0.39, 0.29) is 0 Å². The SMILES string of the molecule is CCC(C)Cc1nc2cc(CN)ccc2n1CC(C)C. The molecule has 1 aromatic carbocycles. The van der Waals surface area contributed by atoms with E-state index in [4.69, 9.17) is 10.7 Å². The van der Waals surface area contributed by atoms with Gasteiger partial charge in [-0.15, -0.1) is 0 Å². The van der Waals surface area contributed by atoms with Gasteiger partial charge in [-0.25, -0.2) is 4.98 Å². The van der Waals surface area contributed by atoms with Crippen molar-refractivity contribution in [1.82, 2.24) is 9.55 Å². The lowest BCUT2D eigenvalue weighted by Crippen LogP contribution is -2.11. The molecule has 2 N–H and O–H groups in total. The maximum atomic E-state index is 5.73. The van der Waals surface area contributed by atoms with Crippen LogP contribution in [0, 0.1) is 11.8 Å². The van der Waals surface area contributed by atoms with E-state index in [0.29, 0.717) is 18.4 Å². The molecule has 20 heavy (non-hydrogen) atoms. The molecule has 0 aliphatic rings. The fourth-order valence-electron chi connectivity index (χ4n) is 2.53. The summed E-state index contributed by atoms with van der Waals surface area (Å²) in [5.74, 6) is 2.51. The van der Waals surface area contributed by atoms with Crippen molar-refractivity contribution in [3.63, 3.8) is 0 Å². The molecule has 110 valence electrons. The minimum absolute atomic E-state index is 0.577. The molecule has 0 saturated heterocycles. The number of rotatable bonds is 6. The molecule has 1 heterocycles. The van der Waals surface area contributed by atoms with Gasteiger partial charge in [-0.2, -0.15) is 0 Å². The maximum Gasteiger partial charge on any atom is 0.110 e. The molecule has 0 aliphatic carbocycles. The number of benzene rings is 1. The average molecular weight is 273 g/mol. The Kier molecular flexibility index (Phi) is 4.81. The number of imidazole rings is 1. The number of hydrogen-bond donors (Lipinski definition) is 1. The molecule has 3 heteroatoms. The Balaban J connectivity index is 2.47. The van der Waals surface area contributed by atoms with Crippen LogP contribution in [0.25, 0.3) is 11.0 Å². The Bertz CT molecular complexity index is 569. The fraction of sp³-hybridized carbons (Fsp3) is 0.588. The second kappa shape index (κ2) is 6.40. The molecule has 0 spiro atoms. The fourth-order valence-corrected chi connectivity index (χ4v) is 2.53. The van der Waals surface area contributed by atoms with E-state index in [2.05, 4.69) is 50.5 Å². The van der Waals surface area contributed by atoms with E-state index < -0.39 is 0 Å². The summed E-state index contributed by atoms with van der Waals surface area (Å²) in [5.41, 5.74) is 9.22. The zero-order chi connectivity index (χ0) is 14.7. The summed E-state index contributed by atoms with van der Waals surface area (Å²) in [4.78, 5) is 4.87. The number of nitrogens with two attached hydrogens (primary N) is 1. The van der Waals surface area contributed by atoms with Crippen LogP contribution in [0.2, 0.25) is 0 Å². The number of nitrogens with zero attached hydrogens (tertiary/aromatic N) is 2. The first kappa shape index (κ1) is 15.0. The Morgan fingerprint density at radius 1 is 1.25 bits per heavy atom. The lowest BCUT2D eigenvalue weighted by atomic mass is 10.0. The molecule has 0 fully saturated rings. The van der Waals surface area contributed by atoms with Gasteiger partial charge in [0, 0.05) is 19.5 Å². The van der Waals surface area contributed by atoms with Gasteiger partial charge in [0.1, 0.15) is 5.82 Å². The summed E-state index contributed by atoms with van der Waals surface area (Å²) in [6.45, 7) is 10.7. The van der Waals surface area contributed by atoms with Crippen molar-refractivity contribution in [2.75, 3.05) is 0 Å². The summed E-state index contributed by atoms with van der Waals surface area (Å²) in [7, 11) is 0. The molecular weight excluding hydrogens is 246 g/mol. The monoisotopic (exact) mass is 273 g/mol. The van der Waals surface area contributed by atoms with Crippen LogP contribution >= 0.6 is 0 Å². The molecule has 1 unspecified atom stereocenters. The van der Waals surface area contributed by atoms with Gasteiger partial charge in [0.15, 0.2) is 0 Å².